The second kappa shape index (κ2) is 9.33. The highest BCUT2D eigenvalue weighted by Crippen LogP contribution is 2.16. The number of benzene rings is 2. The molecule has 0 bridgehead atoms. The fourth-order valence-electron chi connectivity index (χ4n) is 2.82. The van der Waals surface area contributed by atoms with Crippen LogP contribution in [0.2, 0.25) is 5.02 Å². The van der Waals surface area contributed by atoms with Gasteiger partial charge in [0.25, 0.3) is 5.56 Å². The summed E-state index contributed by atoms with van der Waals surface area (Å²) in [6.45, 7) is 2.72. The third-order valence-corrected chi connectivity index (χ3v) is 4.69. The largest absolute Gasteiger partial charge is 0.352 e. The zero-order valence-corrected chi connectivity index (χ0v) is 16.4. The Morgan fingerprint density at radius 2 is 1.86 bits per heavy atom. The van der Waals surface area contributed by atoms with Crippen LogP contribution in [0.1, 0.15) is 24.5 Å². The van der Waals surface area contributed by atoms with Crippen LogP contribution in [-0.4, -0.2) is 15.7 Å². The van der Waals surface area contributed by atoms with Gasteiger partial charge in [-0.3, -0.25) is 9.59 Å². The van der Waals surface area contributed by atoms with E-state index in [0.717, 1.165) is 17.5 Å². The summed E-state index contributed by atoms with van der Waals surface area (Å²) in [7, 11) is 0. The van der Waals surface area contributed by atoms with Crippen LogP contribution in [0.25, 0.3) is 11.3 Å². The maximum Gasteiger partial charge on any atom is 0.266 e. The predicted octanol–water partition coefficient (Wildman–Crippen LogP) is 3.83. The quantitative estimate of drug-likeness (QED) is 0.661. The Morgan fingerprint density at radius 1 is 1.07 bits per heavy atom. The van der Waals surface area contributed by atoms with Crippen molar-refractivity contribution in [1.29, 1.82) is 0 Å². The number of hydrogen-bond acceptors (Lipinski definition) is 3. The van der Waals surface area contributed by atoms with Crippen LogP contribution < -0.4 is 10.9 Å². The topological polar surface area (TPSA) is 64.0 Å². The first-order chi connectivity index (χ1) is 13.5. The van der Waals surface area contributed by atoms with Crippen LogP contribution in [0.5, 0.6) is 0 Å². The van der Waals surface area contributed by atoms with Gasteiger partial charge in [-0.05, 0) is 35.7 Å². The molecular formula is C22H22ClN3O2. The van der Waals surface area contributed by atoms with Crippen LogP contribution >= 0.6 is 11.6 Å². The van der Waals surface area contributed by atoms with Crippen molar-refractivity contribution in [3.63, 3.8) is 0 Å². The molecule has 1 heterocycles. The molecule has 5 nitrogen and oxygen atoms in total. The maximum absolute atomic E-state index is 12.1. The minimum atomic E-state index is -0.225. The van der Waals surface area contributed by atoms with Gasteiger partial charge in [0.1, 0.15) is 0 Å². The summed E-state index contributed by atoms with van der Waals surface area (Å²) in [5, 5.41) is 7.87. The highest BCUT2D eigenvalue weighted by Gasteiger charge is 2.07. The summed E-state index contributed by atoms with van der Waals surface area (Å²) in [5.41, 5.74) is 3.59. The second-order valence-electron chi connectivity index (χ2n) is 6.49. The number of rotatable bonds is 7. The van der Waals surface area contributed by atoms with Crippen LogP contribution in [0.15, 0.2) is 65.5 Å². The van der Waals surface area contributed by atoms with E-state index in [1.54, 1.807) is 18.2 Å². The third kappa shape index (κ3) is 5.30. The van der Waals surface area contributed by atoms with Gasteiger partial charge in [0.05, 0.1) is 12.2 Å². The second-order valence-corrected chi connectivity index (χ2v) is 6.92. The number of carbonyl (C=O) groups excluding carboxylic acids is 1. The van der Waals surface area contributed by atoms with E-state index in [9.17, 15) is 9.59 Å². The lowest BCUT2D eigenvalue weighted by Gasteiger charge is -2.09. The first-order valence-corrected chi connectivity index (χ1v) is 9.61. The number of halogens is 1. The summed E-state index contributed by atoms with van der Waals surface area (Å²) < 4.78 is 1.34. The SMILES string of the molecule is CCc1ccc(-c2ccc(=O)n(CCC(=O)NCc3cccc(Cl)c3)n2)cc1. The van der Waals surface area contributed by atoms with E-state index in [0.29, 0.717) is 17.3 Å². The molecule has 144 valence electrons. The van der Waals surface area contributed by atoms with Gasteiger partial charge >= 0.3 is 0 Å². The fraction of sp³-hybridized carbons (Fsp3) is 0.227. The molecule has 0 aliphatic heterocycles. The molecule has 0 radical (unpaired) electrons. The minimum Gasteiger partial charge on any atom is -0.352 e. The van der Waals surface area contributed by atoms with Gasteiger partial charge in [0.15, 0.2) is 0 Å². The lowest BCUT2D eigenvalue weighted by Crippen LogP contribution is -2.28. The van der Waals surface area contributed by atoms with Crippen LogP contribution in [0.3, 0.4) is 0 Å². The van der Waals surface area contributed by atoms with Crippen molar-refractivity contribution in [1.82, 2.24) is 15.1 Å². The normalized spacial score (nSPS) is 10.6. The smallest absolute Gasteiger partial charge is 0.266 e. The maximum atomic E-state index is 12.1. The van der Waals surface area contributed by atoms with Crippen molar-refractivity contribution < 1.29 is 4.79 Å². The fourth-order valence-corrected chi connectivity index (χ4v) is 3.03. The molecule has 0 saturated carbocycles. The molecule has 1 N–H and O–H groups in total. The number of aromatic nitrogens is 2. The Balaban J connectivity index is 1.61. The Kier molecular flexibility index (Phi) is 6.61. The molecule has 0 saturated heterocycles. The molecule has 0 aliphatic carbocycles. The molecule has 3 aromatic rings. The van der Waals surface area contributed by atoms with Crippen molar-refractivity contribution >= 4 is 17.5 Å². The average Bonchev–Trinajstić information content (AvgIpc) is 2.72. The predicted molar refractivity (Wildman–Crippen MR) is 111 cm³/mol. The summed E-state index contributed by atoms with van der Waals surface area (Å²) in [5.74, 6) is -0.147. The lowest BCUT2D eigenvalue weighted by molar-refractivity contribution is -0.121. The lowest BCUT2D eigenvalue weighted by atomic mass is 10.1. The van der Waals surface area contributed by atoms with Gasteiger partial charge in [0, 0.05) is 29.6 Å². The molecule has 0 atom stereocenters. The zero-order chi connectivity index (χ0) is 19.9. The Bertz CT molecular complexity index is 1010. The summed E-state index contributed by atoms with van der Waals surface area (Å²) in [6.07, 6.45) is 1.14. The van der Waals surface area contributed by atoms with E-state index in [-0.39, 0.29) is 24.4 Å². The average molecular weight is 396 g/mol. The molecular weight excluding hydrogens is 374 g/mol. The molecule has 0 fully saturated rings. The Morgan fingerprint density at radius 3 is 2.57 bits per heavy atom. The molecule has 1 amide bonds. The van der Waals surface area contributed by atoms with Gasteiger partial charge in [-0.25, -0.2) is 4.68 Å². The van der Waals surface area contributed by atoms with Crippen LogP contribution in [0, 0.1) is 0 Å². The standard InChI is InChI=1S/C22H22ClN3O2/c1-2-16-6-8-18(9-7-16)20-10-11-22(28)26(25-20)13-12-21(27)24-15-17-4-3-5-19(23)14-17/h3-11,14H,2,12-13,15H2,1H3,(H,24,27). The molecule has 3 rings (SSSR count). The molecule has 28 heavy (non-hydrogen) atoms. The first-order valence-electron chi connectivity index (χ1n) is 9.24. The molecule has 0 aliphatic rings. The Hall–Kier alpha value is -2.92. The van der Waals surface area contributed by atoms with Crippen molar-refractivity contribution in [3.8, 4) is 11.3 Å². The number of hydrogen-bond donors (Lipinski definition) is 1. The number of nitrogens with zero attached hydrogens (tertiary/aromatic N) is 2. The molecule has 6 heteroatoms. The summed E-state index contributed by atoms with van der Waals surface area (Å²) in [6, 6.07) is 18.6. The number of aryl methyl sites for hydroxylation is 2. The van der Waals surface area contributed by atoms with Crippen molar-refractivity contribution in [3.05, 3.63) is 87.2 Å². The number of amides is 1. The van der Waals surface area contributed by atoms with Crippen LogP contribution in [-0.2, 0) is 24.3 Å². The van der Waals surface area contributed by atoms with Crippen molar-refractivity contribution in [2.24, 2.45) is 0 Å². The van der Waals surface area contributed by atoms with E-state index in [1.807, 2.05) is 24.3 Å². The first kappa shape index (κ1) is 19.8. The zero-order valence-electron chi connectivity index (χ0n) is 15.7. The molecule has 0 unspecified atom stereocenters. The van der Waals surface area contributed by atoms with E-state index in [1.165, 1.54) is 16.3 Å². The summed E-state index contributed by atoms with van der Waals surface area (Å²) in [4.78, 5) is 24.2. The van der Waals surface area contributed by atoms with Gasteiger partial charge in [-0.15, -0.1) is 0 Å². The van der Waals surface area contributed by atoms with Crippen molar-refractivity contribution in [2.75, 3.05) is 0 Å². The molecule has 2 aromatic carbocycles. The van der Waals surface area contributed by atoms with Gasteiger partial charge in [-0.1, -0.05) is 54.9 Å². The van der Waals surface area contributed by atoms with E-state index >= 15 is 0 Å². The monoisotopic (exact) mass is 395 g/mol. The van der Waals surface area contributed by atoms with Crippen LogP contribution in [0.4, 0.5) is 0 Å². The minimum absolute atomic E-state index is 0.147. The van der Waals surface area contributed by atoms with Crippen molar-refractivity contribution in [2.45, 2.75) is 32.9 Å². The van der Waals surface area contributed by atoms with E-state index in [2.05, 4.69) is 29.5 Å². The van der Waals surface area contributed by atoms with Gasteiger partial charge in [-0.2, -0.15) is 5.10 Å². The summed E-state index contributed by atoms with van der Waals surface area (Å²) >= 11 is 5.94. The Labute approximate surface area is 169 Å². The molecule has 0 spiro atoms. The van der Waals surface area contributed by atoms with Gasteiger partial charge < -0.3 is 5.32 Å². The van der Waals surface area contributed by atoms with Gasteiger partial charge in [0.2, 0.25) is 5.91 Å². The van der Waals surface area contributed by atoms with E-state index in [4.69, 9.17) is 11.6 Å². The number of nitrogens with one attached hydrogen (secondary N) is 1. The molecule has 1 aromatic heterocycles. The highest BCUT2D eigenvalue weighted by atomic mass is 35.5. The van der Waals surface area contributed by atoms with E-state index < -0.39 is 0 Å². The third-order valence-electron chi connectivity index (χ3n) is 4.45. The highest BCUT2D eigenvalue weighted by molar-refractivity contribution is 6.30. The number of carbonyl (C=O) groups is 1.